The Kier molecular flexibility index (Phi) is 5.05. The molecular formula is C14H12Cl2N2O4. The number of H-pyrrole nitrogens is 1. The van der Waals surface area contributed by atoms with E-state index in [1.165, 1.54) is 6.07 Å². The average molecular weight is 343 g/mol. The van der Waals surface area contributed by atoms with Crippen molar-refractivity contribution in [2.75, 3.05) is 0 Å². The molecule has 0 aliphatic carbocycles. The number of nitrogens with zero attached hydrogens (tertiary/aromatic N) is 1. The second-order valence-electron chi connectivity index (χ2n) is 4.51. The minimum Gasteiger partial charge on any atom is -0.484 e. The van der Waals surface area contributed by atoms with Crippen molar-refractivity contribution in [2.45, 2.75) is 20.0 Å². The van der Waals surface area contributed by atoms with Gasteiger partial charge in [-0.25, -0.2) is 4.98 Å². The van der Waals surface area contributed by atoms with Crippen molar-refractivity contribution in [2.24, 2.45) is 0 Å². The van der Waals surface area contributed by atoms with E-state index in [0.717, 1.165) is 0 Å². The summed E-state index contributed by atoms with van der Waals surface area (Å²) in [5.41, 5.74) is -0.0107. The predicted octanol–water partition coefficient (Wildman–Crippen LogP) is 2.59. The Hall–Kier alpha value is -2.05. The van der Waals surface area contributed by atoms with Gasteiger partial charge in [-0.05, 0) is 25.1 Å². The van der Waals surface area contributed by atoms with E-state index in [4.69, 9.17) is 33.0 Å². The number of nitrogens with one attached hydrogen (secondary N) is 1. The lowest BCUT2D eigenvalue weighted by atomic mass is 10.2. The van der Waals surface area contributed by atoms with Gasteiger partial charge in [0.25, 0.3) is 5.56 Å². The molecule has 2 rings (SSSR count). The molecule has 22 heavy (non-hydrogen) atoms. The molecule has 0 amide bonds. The second kappa shape index (κ2) is 6.81. The summed E-state index contributed by atoms with van der Waals surface area (Å²) in [4.78, 5) is 29.2. The van der Waals surface area contributed by atoms with Crippen molar-refractivity contribution < 1.29 is 14.6 Å². The van der Waals surface area contributed by atoms with Gasteiger partial charge in [-0.15, -0.1) is 0 Å². The van der Waals surface area contributed by atoms with Gasteiger partial charge in [0.1, 0.15) is 18.2 Å². The van der Waals surface area contributed by atoms with E-state index in [2.05, 4.69) is 9.97 Å². The third kappa shape index (κ3) is 3.99. The van der Waals surface area contributed by atoms with Gasteiger partial charge in [-0.1, -0.05) is 23.2 Å². The highest BCUT2D eigenvalue weighted by molar-refractivity contribution is 6.35. The number of aryl methyl sites for hydroxylation is 1. The number of aromatic nitrogens is 2. The highest BCUT2D eigenvalue weighted by atomic mass is 35.5. The fraction of sp³-hybridized carbons (Fsp3) is 0.214. The number of carbonyl (C=O) groups is 1. The van der Waals surface area contributed by atoms with Gasteiger partial charge in [-0.2, -0.15) is 0 Å². The van der Waals surface area contributed by atoms with E-state index >= 15 is 0 Å². The lowest BCUT2D eigenvalue weighted by molar-refractivity contribution is -0.136. The summed E-state index contributed by atoms with van der Waals surface area (Å²) in [6.45, 7) is 1.57. The molecule has 0 radical (unpaired) electrons. The van der Waals surface area contributed by atoms with E-state index < -0.39 is 11.5 Å². The molecule has 1 aromatic carbocycles. The largest absolute Gasteiger partial charge is 0.484 e. The molecule has 6 nitrogen and oxygen atoms in total. The average Bonchev–Trinajstić information content (AvgIpc) is 2.41. The topological polar surface area (TPSA) is 92.3 Å². The molecule has 0 bridgehead atoms. The highest BCUT2D eigenvalue weighted by Crippen LogP contribution is 2.27. The molecule has 2 aromatic rings. The molecule has 0 unspecified atom stereocenters. The molecule has 0 aliphatic rings. The minimum atomic E-state index is -1.09. The number of aromatic amines is 1. The monoisotopic (exact) mass is 342 g/mol. The third-order valence-electron chi connectivity index (χ3n) is 2.86. The van der Waals surface area contributed by atoms with Crippen LogP contribution < -0.4 is 10.3 Å². The van der Waals surface area contributed by atoms with Gasteiger partial charge in [0.05, 0.1) is 11.4 Å². The summed E-state index contributed by atoms with van der Waals surface area (Å²) in [5.74, 6) is -0.406. The van der Waals surface area contributed by atoms with Crippen LogP contribution in [0.15, 0.2) is 23.0 Å². The van der Waals surface area contributed by atoms with Crippen molar-refractivity contribution in [1.29, 1.82) is 0 Å². The van der Waals surface area contributed by atoms with E-state index in [0.29, 0.717) is 21.5 Å². The van der Waals surface area contributed by atoms with Crippen molar-refractivity contribution >= 4 is 29.2 Å². The van der Waals surface area contributed by atoms with Gasteiger partial charge in [0.15, 0.2) is 0 Å². The highest BCUT2D eigenvalue weighted by Gasteiger charge is 2.12. The Labute approximate surface area is 135 Å². The van der Waals surface area contributed by atoms with Gasteiger partial charge in [0, 0.05) is 16.3 Å². The zero-order valence-corrected chi connectivity index (χ0v) is 13.0. The Morgan fingerprint density at radius 3 is 2.73 bits per heavy atom. The van der Waals surface area contributed by atoms with E-state index in [1.807, 2.05) is 0 Å². The Morgan fingerprint density at radius 1 is 1.41 bits per heavy atom. The summed E-state index contributed by atoms with van der Waals surface area (Å²) in [7, 11) is 0. The molecular weight excluding hydrogens is 331 g/mol. The Balaban J connectivity index is 2.17. The van der Waals surface area contributed by atoms with E-state index in [9.17, 15) is 9.59 Å². The first kappa shape index (κ1) is 16.3. The predicted molar refractivity (Wildman–Crippen MR) is 81.7 cm³/mol. The number of aliphatic carboxylic acids is 1. The molecule has 116 valence electrons. The van der Waals surface area contributed by atoms with Crippen LogP contribution in [0.1, 0.15) is 17.1 Å². The van der Waals surface area contributed by atoms with Gasteiger partial charge >= 0.3 is 5.97 Å². The molecule has 1 heterocycles. The SMILES string of the molecule is Cc1nc(COc2ccc(Cl)cc2Cl)[nH]c(=O)c1CC(=O)O. The molecule has 2 N–H and O–H groups in total. The number of ether oxygens (including phenoxy) is 1. The van der Waals surface area contributed by atoms with Gasteiger partial charge in [-0.3, -0.25) is 9.59 Å². The summed E-state index contributed by atoms with van der Waals surface area (Å²) in [6, 6.07) is 4.77. The van der Waals surface area contributed by atoms with Crippen molar-refractivity contribution in [3.8, 4) is 5.75 Å². The molecule has 0 saturated heterocycles. The van der Waals surface area contributed by atoms with Crippen LogP contribution in [0.3, 0.4) is 0 Å². The number of rotatable bonds is 5. The summed E-state index contributed by atoms with van der Waals surface area (Å²) in [6.07, 6.45) is -0.377. The number of benzene rings is 1. The van der Waals surface area contributed by atoms with E-state index in [-0.39, 0.29) is 24.4 Å². The zero-order valence-electron chi connectivity index (χ0n) is 11.5. The van der Waals surface area contributed by atoms with Gasteiger partial charge in [0.2, 0.25) is 0 Å². The summed E-state index contributed by atoms with van der Waals surface area (Å²) in [5, 5.41) is 9.59. The van der Waals surface area contributed by atoms with Crippen LogP contribution in [-0.4, -0.2) is 21.0 Å². The first-order chi connectivity index (χ1) is 10.4. The minimum absolute atomic E-state index is 0.00914. The zero-order chi connectivity index (χ0) is 16.3. The maximum absolute atomic E-state index is 11.9. The van der Waals surface area contributed by atoms with Crippen LogP contribution in [0, 0.1) is 6.92 Å². The maximum atomic E-state index is 11.9. The Bertz CT molecular complexity index is 774. The van der Waals surface area contributed by atoms with Crippen LogP contribution in [0.4, 0.5) is 0 Å². The standard InChI is InChI=1S/C14H12Cl2N2O4/c1-7-9(5-13(19)20)14(21)18-12(17-7)6-22-11-3-2-8(15)4-10(11)16/h2-4H,5-6H2,1H3,(H,19,20)(H,17,18,21). The van der Waals surface area contributed by atoms with E-state index in [1.54, 1.807) is 19.1 Å². The number of hydrogen-bond donors (Lipinski definition) is 2. The Morgan fingerprint density at radius 2 is 2.14 bits per heavy atom. The maximum Gasteiger partial charge on any atom is 0.308 e. The summed E-state index contributed by atoms with van der Waals surface area (Å²) < 4.78 is 5.47. The number of carboxylic acid groups (broad SMARTS) is 1. The number of halogens is 2. The first-order valence-electron chi connectivity index (χ1n) is 6.25. The van der Waals surface area contributed by atoms with Crippen LogP contribution in [0.5, 0.6) is 5.75 Å². The van der Waals surface area contributed by atoms with Crippen LogP contribution in [0.2, 0.25) is 10.0 Å². The van der Waals surface area contributed by atoms with Crippen molar-refractivity contribution in [1.82, 2.24) is 9.97 Å². The quantitative estimate of drug-likeness (QED) is 0.871. The molecule has 8 heteroatoms. The fourth-order valence-corrected chi connectivity index (χ4v) is 2.30. The van der Waals surface area contributed by atoms with Crippen LogP contribution in [0.25, 0.3) is 0 Å². The number of carboxylic acids is 1. The normalized spacial score (nSPS) is 10.5. The molecule has 0 aliphatic heterocycles. The lowest BCUT2D eigenvalue weighted by Crippen LogP contribution is -2.22. The number of hydrogen-bond acceptors (Lipinski definition) is 4. The molecule has 1 aromatic heterocycles. The molecule has 0 spiro atoms. The molecule has 0 atom stereocenters. The fourth-order valence-electron chi connectivity index (χ4n) is 1.83. The third-order valence-corrected chi connectivity index (χ3v) is 3.39. The molecule has 0 fully saturated rings. The first-order valence-corrected chi connectivity index (χ1v) is 7.00. The van der Waals surface area contributed by atoms with Gasteiger partial charge < -0.3 is 14.8 Å². The smallest absolute Gasteiger partial charge is 0.308 e. The van der Waals surface area contributed by atoms with Crippen molar-refractivity contribution in [3.05, 3.63) is 55.7 Å². The van der Waals surface area contributed by atoms with Crippen LogP contribution in [-0.2, 0) is 17.8 Å². The van der Waals surface area contributed by atoms with Crippen molar-refractivity contribution in [3.63, 3.8) is 0 Å². The lowest BCUT2D eigenvalue weighted by Gasteiger charge is -2.09. The van der Waals surface area contributed by atoms with Crippen LogP contribution >= 0.6 is 23.2 Å². The summed E-state index contributed by atoms with van der Waals surface area (Å²) >= 11 is 11.8. The second-order valence-corrected chi connectivity index (χ2v) is 5.35. The molecule has 0 saturated carbocycles.